The molecule has 4 rings (SSSR count). The minimum Gasteiger partial charge on any atom is -0.507 e. The van der Waals surface area contributed by atoms with Gasteiger partial charge in [0.2, 0.25) is 0 Å². The van der Waals surface area contributed by atoms with Crippen LogP contribution in [0.4, 0.5) is 9.52 Å². The van der Waals surface area contributed by atoms with Gasteiger partial charge in [0.25, 0.3) is 5.78 Å². The molecule has 0 radical (unpaired) electrons. The lowest BCUT2D eigenvalue weighted by Crippen LogP contribution is -2.29. The van der Waals surface area contributed by atoms with Crippen molar-refractivity contribution >= 4 is 33.9 Å². The minimum absolute atomic E-state index is 0.0408. The summed E-state index contributed by atoms with van der Waals surface area (Å²) in [6.07, 6.45) is 0. The summed E-state index contributed by atoms with van der Waals surface area (Å²) in [4.78, 5) is 32.7. The van der Waals surface area contributed by atoms with Gasteiger partial charge in [0, 0.05) is 10.4 Å². The maximum absolute atomic E-state index is 13.5. The van der Waals surface area contributed by atoms with E-state index in [4.69, 9.17) is 0 Å². The quantitative estimate of drug-likeness (QED) is 0.373. The summed E-state index contributed by atoms with van der Waals surface area (Å²) in [5.74, 6) is -2.27. The maximum Gasteiger partial charge on any atom is 0.301 e. The van der Waals surface area contributed by atoms with Crippen LogP contribution < -0.4 is 4.90 Å². The fraction of sp³-hybridized carbons (Fsp3) is 0.174. The van der Waals surface area contributed by atoms with Gasteiger partial charge in [0.15, 0.2) is 5.13 Å². The van der Waals surface area contributed by atoms with E-state index in [0.29, 0.717) is 16.3 Å². The van der Waals surface area contributed by atoms with Crippen LogP contribution in [0.15, 0.2) is 54.1 Å². The van der Waals surface area contributed by atoms with Crippen LogP contribution in [0, 0.1) is 26.6 Å². The van der Waals surface area contributed by atoms with Gasteiger partial charge in [-0.2, -0.15) is 0 Å². The largest absolute Gasteiger partial charge is 0.507 e. The maximum atomic E-state index is 13.5. The lowest BCUT2D eigenvalue weighted by Gasteiger charge is -2.23. The number of hydrogen-bond donors (Lipinski definition) is 1. The number of aryl methyl sites for hydroxylation is 3. The van der Waals surface area contributed by atoms with Gasteiger partial charge in [-0.15, -0.1) is 11.3 Å². The Morgan fingerprint density at radius 2 is 1.67 bits per heavy atom. The third kappa shape index (κ3) is 3.31. The van der Waals surface area contributed by atoms with Crippen molar-refractivity contribution in [3.8, 4) is 0 Å². The van der Waals surface area contributed by atoms with E-state index < -0.39 is 23.5 Å². The first kappa shape index (κ1) is 20.0. The van der Waals surface area contributed by atoms with E-state index in [9.17, 15) is 19.1 Å². The lowest BCUT2D eigenvalue weighted by atomic mass is 9.95. The van der Waals surface area contributed by atoms with Crippen LogP contribution in [0.25, 0.3) is 5.76 Å². The third-order valence-corrected chi connectivity index (χ3v) is 6.25. The van der Waals surface area contributed by atoms with Gasteiger partial charge in [-0.25, -0.2) is 9.37 Å². The molecule has 1 saturated heterocycles. The van der Waals surface area contributed by atoms with Crippen LogP contribution in [-0.2, 0) is 9.59 Å². The fourth-order valence-corrected chi connectivity index (χ4v) is 4.35. The van der Waals surface area contributed by atoms with Gasteiger partial charge < -0.3 is 5.11 Å². The van der Waals surface area contributed by atoms with Gasteiger partial charge in [0.1, 0.15) is 11.6 Å². The summed E-state index contributed by atoms with van der Waals surface area (Å²) in [6.45, 7) is 5.62. The highest BCUT2D eigenvalue weighted by atomic mass is 32.1. The van der Waals surface area contributed by atoms with E-state index in [2.05, 4.69) is 4.98 Å². The van der Waals surface area contributed by atoms with Crippen molar-refractivity contribution in [2.45, 2.75) is 26.8 Å². The minimum atomic E-state index is -0.906. The molecule has 0 saturated carbocycles. The molecular formula is C23H19FN2O3S. The Morgan fingerprint density at radius 1 is 1.03 bits per heavy atom. The number of carbonyl (C=O) groups is 2. The van der Waals surface area contributed by atoms with E-state index in [1.807, 2.05) is 32.9 Å². The topological polar surface area (TPSA) is 70.5 Å². The molecular weight excluding hydrogens is 403 g/mol. The number of halogens is 1. The molecule has 1 N–H and O–H groups in total. The Bertz CT molecular complexity index is 1160. The lowest BCUT2D eigenvalue weighted by molar-refractivity contribution is -0.132. The Balaban J connectivity index is 1.94. The molecule has 0 bridgehead atoms. The number of carbonyl (C=O) groups excluding carboxylic acids is 2. The molecule has 152 valence electrons. The average Bonchev–Trinajstić information content (AvgIpc) is 3.18. The highest BCUT2D eigenvalue weighted by molar-refractivity contribution is 7.16. The van der Waals surface area contributed by atoms with Crippen molar-refractivity contribution in [2.75, 3.05) is 4.90 Å². The van der Waals surface area contributed by atoms with Crippen molar-refractivity contribution < 1.29 is 19.1 Å². The molecule has 1 aliphatic rings. The molecule has 2 heterocycles. The first-order chi connectivity index (χ1) is 14.3. The Hall–Kier alpha value is -3.32. The van der Waals surface area contributed by atoms with Crippen molar-refractivity contribution in [1.29, 1.82) is 0 Å². The van der Waals surface area contributed by atoms with Crippen LogP contribution in [0.3, 0.4) is 0 Å². The van der Waals surface area contributed by atoms with Crippen molar-refractivity contribution in [3.63, 3.8) is 0 Å². The molecule has 0 spiro atoms. The van der Waals surface area contributed by atoms with Crippen LogP contribution >= 0.6 is 11.3 Å². The van der Waals surface area contributed by atoms with Crippen LogP contribution in [0.5, 0.6) is 0 Å². The van der Waals surface area contributed by atoms with Crippen LogP contribution in [0.1, 0.15) is 33.3 Å². The first-order valence-electron chi connectivity index (χ1n) is 9.35. The zero-order valence-corrected chi connectivity index (χ0v) is 17.5. The molecule has 1 aliphatic heterocycles. The van der Waals surface area contributed by atoms with Crippen molar-refractivity contribution in [1.82, 2.24) is 4.98 Å². The number of rotatable bonds is 3. The molecule has 30 heavy (non-hydrogen) atoms. The molecule has 1 atom stereocenters. The number of thiazole rings is 1. The number of Topliss-reactive ketones (excluding diaryl/α,β-unsaturated/α-hetero) is 1. The fourth-order valence-electron chi connectivity index (χ4n) is 3.42. The number of aromatic nitrogens is 1. The summed E-state index contributed by atoms with van der Waals surface area (Å²) < 4.78 is 13.5. The van der Waals surface area contributed by atoms with E-state index in [-0.39, 0.29) is 11.3 Å². The molecule has 1 amide bonds. The molecule has 5 nitrogen and oxygen atoms in total. The molecule has 1 unspecified atom stereocenters. The van der Waals surface area contributed by atoms with E-state index in [0.717, 1.165) is 16.1 Å². The van der Waals surface area contributed by atoms with Crippen molar-refractivity contribution in [3.05, 3.63) is 87.2 Å². The highest BCUT2D eigenvalue weighted by Gasteiger charge is 2.48. The predicted octanol–water partition coefficient (Wildman–Crippen LogP) is 4.83. The number of ketones is 1. The average molecular weight is 422 g/mol. The second-order valence-electron chi connectivity index (χ2n) is 7.22. The third-order valence-electron chi connectivity index (χ3n) is 5.18. The van der Waals surface area contributed by atoms with Gasteiger partial charge in [0.05, 0.1) is 17.3 Å². The molecule has 7 heteroatoms. The van der Waals surface area contributed by atoms with E-state index in [1.54, 1.807) is 12.1 Å². The number of benzene rings is 2. The predicted molar refractivity (Wildman–Crippen MR) is 114 cm³/mol. The zero-order valence-electron chi connectivity index (χ0n) is 16.6. The number of aliphatic hydroxyl groups is 1. The zero-order chi connectivity index (χ0) is 21.6. The van der Waals surface area contributed by atoms with Crippen LogP contribution in [0.2, 0.25) is 0 Å². The van der Waals surface area contributed by atoms with Gasteiger partial charge in [-0.1, -0.05) is 42.0 Å². The summed E-state index contributed by atoms with van der Waals surface area (Å²) >= 11 is 1.29. The number of anilines is 1. The van der Waals surface area contributed by atoms with Gasteiger partial charge in [-0.05, 0) is 38.5 Å². The number of amides is 1. The Morgan fingerprint density at radius 3 is 2.23 bits per heavy atom. The Labute approximate surface area is 177 Å². The molecule has 0 aliphatic carbocycles. The number of aliphatic hydroxyl groups excluding tert-OH is 1. The molecule has 1 aromatic heterocycles. The molecule has 2 aromatic carbocycles. The second kappa shape index (κ2) is 7.50. The SMILES string of the molecule is Cc1ccc(C(O)=C2C(=O)C(=O)N(c3nc(C)c(C)s3)C2c2ccc(F)cc2)cc1. The molecule has 1 fully saturated rings. The van der Waals surface area contributed by atoms with Gasteiger partial charge in [-0.3, -0.25) is 14.5 Å². The van der Waals surface area contributed by atoms with Gasteiger partial charge >= 0.3 is 5.91 Å². The highest BCUT2D eigenvalue weighted by Crippen LogP contribution is 2.43. The van der Waals surface area contributed by atoms with Crippen LogP contribution in [-0.4, -0.2) is 21.8 Å². The summed E-state index contributed by atoms with van der Waals surface area (Å²) in [5.41, 5.74) is 2.65. The van der Waals surface area contributed by atoms with E-state index in [1.165, 1.54) is 40.5 Å². The first-order valence-corrected chi connectivity index (χ1v) is 10.2. The standard InChI is InChI=1S/C23H19FN2O3S/c1-12-4-6-16(7-5-12)20(27)18-19(15-8-10-17(24)11-9-15)26(22(29)21(18)28)23-25-13(2)14(3)30-23/h4-11,19,27H,1-3H3. The second-order valence-corrected chi connectivity index (χ2v) is 8.41. The molecule has 3 aromatic rings. The summed E-state index contributed by atoms with van der Waals surface area (Å²) in [7, 11) is 0. The monoisotopic (exact) mass is 422 g/mol. The normalized spacial score (nSPS) is 18.3. The van der Waals surface area contributed by atoms with Crippen molar-refractivity contribution in [2.24, 2.45) is 0 Å². The smallest absolute Gasteiger partial charge is 0.301 e. The Kier molecular flexibility index (Phi) is 4.99. The number of nitrogens with zero attached hydrogens (tertiary/aromatic N) is 2. The van der Waals surface area contributed by atoms with E-state index >= 15 is 0 Å². The number of hydrogen-bond acceptors (Lipinski definition) is 5. The summed E-state index contributed by atoms with van der Waals surface area (Å²) in [6, 6.07) is 11.6. The summed E-state index contributed by atoms with van der Waals surface area (Å²) in [5, 5.41) is 11.4.